The minimum absolute atomic E-state index is 0.00153. The number of methoxy groups -OCH3 is 1. The lowest BCUT2D eigenvalue weighted by molar-refractivity contribution is -0.124. The van der Waals surface area contributed by atoms with Crippen LogP contribution in [0.1, 0.15) is 61.8 Å². The number of carbonyl (C=O) groups is 1. The standard InChI is InChI=1S/C28H36N4O6/c1-4-18-11-20(10-17(2)26(18)37-16-22(34)14-29-24(35)15-33)27-31-28(38-32-27)21-12-23(30-25(13-21)36-3)19-8-6-5-7-9-19/h10-13,19,22,33-34H,4-9,14-16H2,1-3H3,(H,29,35). The molecule has 38 heavy (non-hydrogen) atoms. The third kappa shape index (κ3) is 6.68. The normalized spacial score (nSPS) is 14.8. The van der Waals surface area contributed by atoms with Crippen molar-refractivity contribution in [3.8, 4) is 34.5 Å². The van der Waals surface area contributed by atoms with Gasteiger partial charge in [-0.1, -0.05) is 31.3 Å². The van der Waals surface area contributed by atoms with Crippen molar-refractivity contribution in [3.63, 3.8) is 0 Å². The molecule has 3 aromatic rings. The molecule has 204 valence electrons. The fraction of sp³-hybridized carbons (Fsp3) is 0.500. The molecule has 2 aromatic heterocycles. The van der Waals surface area contributed by atoms with Gasteiger partial charge in [0, 0.05) is 35.3 Å². The van der Waals surface area contributed by atoms with Gasteiger partial charge in [0.25, 0.3) is 5.89 Å². The molecule has 1 amide bonds. The van der Waals surface area contributed by atoms with E-state index in [0.717, 1.165) is 40.8 Å². The monoisotopic (exact) mass is 524 g/mol. The van der Waals surface area contributed by atoms with E-state index in [1.54, 1.807) is 7.11 Å². The van der Waals surface area contributed by atoms with E-state index in [1.807, 2.05) is 38.1 Å². The molecule has 10 nitrogen and oxygen atoms in total. The van der Waals surface area contributed by atoms with E-state index < -0.39 is 18.6 Å². The third-order valence-corrected chi connectivity index (χ3v) is 6.82. The van der Waals surface area contributed by atoms with E-state index in [-0.39, 0.29) is 13.2 Å². The molecule has 1 aliphatic rings. The summed E-state index contributed by atoms with van der Waals surface area (Å²) in [5.41, 5.74) is 4.38. The largest absolute Gasteiger partial charge is 0.490 e. The summed E-state index contributed by atoms with van der Waals surface area (Å²) in [6.45, 7) is 3.30. The predicted molar refractivity (Wildman–Crippen MR) is 141 cm³/mol. The molecule has 0 radical (unpaired) electrons. The first-order chi connectivity index (χ1) is 18.4. The minimum Gasteiger partial charge on any atom is -0.490 e. The van der Waals surface area contributed by atoms with Gasteiger partial charge < -0.3 is 29.5 Å². The van der Waals surface area contributed by atoms with Crippen LogP contribution in [0.2, 0.25) is 0 Å². The third-order valence-electron chi connectivity index (χ3n) is 6.82. The van der Waals surface area contributed by atoms with E-state index in [4.69, 9.17) is 19.1 Å². The Morgan fingerprint density at radius 2 is 1.95 bits per heavy atom. The summed E-state index contributed by atoms with van der Waals surface area (Å²) in [4.78, 5) is 20.6. The predicted octanol–water partition coefficient (Wildman–Crippen LogP) is 3.57. The molecule has 1 aliphatic carbocycles. The van der Waals surface area contributed by atoms with Gasteiger partial charge in [0.2, 0.25) is 17.6 Å². The van der Waals surface area contributed by atoms with Crippen LogP contribution in [0.3, 0.4) is 0 Å². The van der Waals surface area contributed by atoms with Gasteiger partial charge in [-0.05, 0) is 55.5 Å². The van der Waals surface area contributed by atoms with Gasteiger partial charge in [0.05, 0.1) is 7.11 Å². The van der Waals surface area contributed by atoms with E-state index in [0.29, 0.717) is 35.7 Å². The number of aryl methyl sites for hydroxylation is 2. The first-order valence-electron chi connectivity index (χ1n) is 13.1. The number of ether oxygens (including phenoxy) is 2. The number of rotatable bonds is 11. The maximum atomic E-state index is 11.2. The second-order valence-electron chi connectivity index (χ2n) is 9.64. The number of amides is 1. The molecule has 0 bridgehead atoms. The van der Waals surface area contributed by atoms with Crippen molar-refractivity contribution in [2.24, 2.45) is 0 Å². The van der Waals surface area contributed by atoms with E-state index in [1.165, 1.54) is 19.3 Å². The van der Waals surface area contributed by atoms with Gasteiger partial charge in [-0.15, -0.1) is 0 Å². The number of benzene rings is 1. The van der Waals surface area contributed by atoms with Crippen LogP contribution in [0.15, 0.2) is 28.8 Å². The Labute approximate surface area is 222 Å². The van der Waals surface area contributed by atoms with Crippen LogP contribution in [0.5, 0.6) is 11.6 Å². The Morgan fingerprint density at radius 3 is 2.66 bits per heavy atom. The number of pyridine rings is 1. The van der Waals surface area contributed by atoms with Crippen molar-refractivity contribution < 1.29 is 29.0 Å². The highest BCUT2D eigenvalue weighted by atomic mass is 16.5. The summed E-state index contributed by atoms with van der Waals surface area (Å²) in [7, 11) is 1.61. The average molecular weight is 525 g/mol. The zero-order valence-electron chi connectivity index (χ0n) is 22.2. The van der Waals surface area contributed by atoms with Crippen LogP contribution in [-0.4, -0.2) is 64.2 Å². The maximum Gasteiger partial charge on any atom is 0.258 e. The highest BCUT2D eigenvalue weighted by Gasteiger charge is 2.21. The second-order valence-corrected chi connectivity index (χ2v) is 9.64. The molecule has 0 saturated heterocycles. The first-order valence-corrected chi connectivity index (χ1v) is 13.1. The quantitative estimate of drug-likeness (QED) is 0.343. The smallest absolute Gasteiger partial charge is 0.258 e. The summed E-state index contributed by atoms with van der Waals surface area (Å²) in [6.07, 6.45) is 5.71. The summed E-state index contributed by atoms with van der Waals surface area (Å²) < 4.78 is 17.0. The molecule has 4 rings (SSSR count). The fourth-order valence-corrected chi connectivity index (χ4v) is 4.79. The second kappa shape index (κ2) is 12.8. The summed E-state index contributed by atoms with van der Waals surface area (Å²) in [5.74, 6) is 1.93. The lowest BCUT2D eigenvalue weighted by atomic mass is 9.86. The van der Waals surface area contributed by atoms with Crippen molar-refractivity contribution in [2.45, 2.75) is 64.4 Å². The van der Waals surface area contributed by atoms with Crippen molar-refractivity contribution in [1.82, 2.24) is 20.4 Å². The molecule has 1 saturated carbocycles. The average Bonchev–Trinajstić information content (AvgIpc) is 3.45. The topological polar surface area (TPSA) is 140 Å². The molecular weight excluding hydrogens is 488 g/mol. The summed E-state index contributed by atoms with van der Waals surface area (Å²) in [6, 6.07) is 7.72. The number of carbonyl (C=O) groups excluding carboxylic acids is 1. The van der Waals surface area contributed by atoms with Crippen LogP contribution in [0.4, 0.5) is 0 Å². The molecule has 2 heterocycles. The highest BCUT2D eigenvalue weighted by molar-refractivity contribution is 5.76. The molecule has 0 spiro atoms. The number of aliphatic hydroxyl groups is 2. The highest BCUT2D eigenvalue weighted by Crippen LogP contribution is 2.36. The van der Waals surface area contributed by atoms with Crippen LogP contribution in [0, 0.1) is 6.92 Å². The van der Waals surface area contributed by atoms with Crippen LogP contribution >= 0.6 is 0 Å². The Bertz CT molecular complexity index is 1240. The fourth-order valence-electron chi connectivity index (χ4n) is 4.79. The van der Waals surface area contributed by atoms with Gasteiger partial charge in [0.15, 0.2) is 0 Å². The van der Waals surface area contributed by atoms with Crippen LogP contribution < -0.4 is 14.8 Å². The van der Waals surface area contributed by atoms with Crippen molar-refractivity contribution in [2.75, 3.05) is 26.9 Å². The van der Waals surface area contributed by atoms with E-state index >= 15 is 0 Å². The first kappa shape index (κ1) is 27.5. The van der Waals surface area contributed by atoms with E-state index in [2.05, 4.69) is 20.4 Å². The Hall–Kier alpha value is -3.50. The lowest BCUT2D eigenvalue weighted by Gasteiger charge is -2.21. The van der Waals surface area contributed by atoms with Gasteiger partial charge in [-0.25, -0.2) is 4.98 Å². The number of aliphatic hydroxyl groups excluding tert-OH is 2. The molecular formula is C28H36N4O6. The minimum atomic E-state index is -0.912. The number of aromatic nitrogens is 3. The van der Waals surface area contributed by atoms with Crippen LogP contribution in [0.25, 0.3) is 22.8 Å². The SMILES string of the molecule is CCc1cc(-c2noc(-c3cc(OC)nc(C4CCCCC4)c3)n2)cc(C)c1OCC(O)CNC(=O)CO. The van der Waals surface area contributed by atoms with Gasteiger partial charge in [0.1, 0.15) is 25.1 Å². The Balaban J connectivity index is 1.53. The molecule has 1 aromatic carbocycles. The lowest BCUT2D eigenvalue weighted by Crippen LogP contribution is -2.36. The summed E-state index contributed by atoms with van der Waals surface area (Å²) >= 11 is 0. The number of nitrogens with one attached hydrogen (secondary N) is 1. The van der Waals surface area contributed by atoms with Crippen LogP contribution in [-0.2, 0) is 11.2 Å². The zero-order valence-corrected chi connectivity index (χ0v) is 22.2. The number of nitrogens with zero attached hydrogens (tertiary/aromatic N) is 3. The molecule has 1 atom stereocenters. The molecule has 0 aliphatic heterocycles. The maximum absolute atomic E-state index is 11.2. The molecule has 3 N–H and O–H groups in total. The van der Waals surface area contributed by atoms with E-state index in [9.17, 15) is 9.90 Å². The molecule has 10 heteroatoms. The van der Waals surface area contributed by atoms with Gasteiger partial charge in [-0.2, -0.15) is 4.98 Å². The van der Waals surface area contributed by atoms with Crippen molar-refractivity contribution >= 4 is 5.91 Å². The number of hydrogen-bond acceptors (Lipinski definition) is 9. The van der Waals surface area contributed by atoms with Gasteiger partial charge >= 0.3 is 0 Å². The number of hydrogen-bond donors (Lipinski definition) is 3. The zero-order chi connectivity index (χ0) is 27.1. The summed E-state index contributed by atoms with van der Waals surface area (Å²) in [5, 5.41) is 25.6. The Morgan fingerprint density at radius 1 is 1.16 bits per heavy atom. The van der Waals surface area contributed by atoms with Crippen molar-refractivity contribution in [3.05, 3.63) is 41.1 Å². The van der Waals surface area contributed by atoms with Gasteiger partial charge in [-0.3, -0.25) is 4.79 Å². The molecule has 1 unspecified atom stereocenters. The van der Waals surface area contributed by atoms with Crippen molar-refractivity contribution in [1.29, 1.82) is 0 Å². The Kier molecular flexibility index (Phi) is 9.30. The molecule has 1 fully saturated rings.